The Morgan fingerprint density at radius 1 is 1.18 bits per heavy atom. The van der Waals surface area contributed by atoms with Gasteiger partial charge < -0.3 is 9.47 Å². The van der Waals surface area contributed by atoms with Crippen LogP contribution in [0.3, 0.4) is 0 Å². The topological polar surface area (TPSA) is 155 Å². The number of benzene rings is 3. The number of carbonyl (C=O) groups is 1. The van der Waals surface area contributed by atoms with E-state index in [-0.39, 0.29) is 25.8 Å². The maximum atomic E-state index is 14.2. The minimum atomic E-state index is -0.922. The predicted molar refractivity (Wildman–Crippen MR) is 195 cm³/mol. The van der Waals surface area contributed by atoms with Crippen molar-refractivity contribution in [3.05, 3.63) is 121 Å². The summed E-state index contributed by atoms with van der Waals surface area (Å²) in [6.45, 7) is 5.16. The number of methoxy groups -OCH3 is 1. The van der Waals surface area contributed by atoms with Crippen LogP contribution in [-0.4, -0.2) is 43.9 Å². The summed E-state index contributed by atoms with van der Waals surface area (Å²) in [7, 11) is 1.50. The summed E-state index contributed by atoms with van der Waals surface area (Å²) < 4.78 is 13.6. The molecule has 256 valence electrons. The number of hydrogen-bond donors (Lipinski definition) is 1. The summed E-state index contributed by atoms with van der Waals surface area (Å²) >= 11 is 17.9. The Kier molecular flexibility index (Phi) is 10.3. The van der Waals surface area contributed by atoms with E-state index in [1.165, 1.54) is 17.7 Å². The third-order valence-corrected chi connectivity index (χ3v) is 10.4. The van der Waals surface area contributed by atoms with Crippen LogP contribution in [0.1, 0.15) is 37.9 Å². The van der Waals surface area contributed by atoms with Gasteiger partial charge in [-0.2, -0.15) is 0 Å². The molecule has 6 rings (SSSR count). The standard InChI is InChI=1S/C33H25BrCl2N6O6S2/c1-15(2)48-31(44)27-16(3)37-33-41(28(27)21-13-18(34)6-9-24(21)47-4)30(43)26(50-33)12-17-5-10-25(23(11-17)42(45)46)49-32-38-29(39-40-32)20-8-7-19(35)14-22(20)36/h5-15,28H,1-4H3,(H,38,39,40)/b26-12-/t28-/m1/s1. The van der Waals surface area contributed by atoms with Crippen molar-refractivity contribution in [2.24, 2.45) is 4.99 Å². The van der Waals surface area contributed by atoms with E-state index in [9.17, 15) is 19.7 Å². The minimum absolute atomic E-state index is 0.194. The Morgan fingerprint density at radius 2 is 1.96 bits per heavy atom. The summed E-state index contributed by atoms with van der Waals surface area (Å²) in [5.74, 6) is 0.218. The number of allylic oxidation sites excluding steroid dienone is 1. The van der Waals surface area contributed by atoms with E-state index in [0.29, 0.717) is 53.3 Å². The first-order chi connectivity index (χ1) is 23.8. The molecule has 0 saturated carbocycles. The van der Waals surface area contributed by atoms with Gasteiger partial charge in [-0.25, -0.2) is 14.8 Å². The third kappa shape index (κ3) is 7.14. The summed E-state index contributed by atoms with van der Waals surface area (Å²) in [4.78, 5) is 49.0. The summed E-state index contributed by atoms with van der Waals surface area (Å²) in [5, 5.41) is 20.3. The number of carbonyl (C=O) groups excluding carboxylic acids is 1. The Hall–Kier alpha value is -4.28. The van der Waals surface area contributed by atoms with Gasteiger partial charge in [-0.3, -0.25) is 24.6 Å². The van der Waals surface area contributed by atoms with Crippen LogP contribution in [0.25, 0.3) is 17.5 Å². The fraction of sp³-hybridized carbons (Fsp3) is 0.182. The summed E-state index contributed by atoms with van der Waals surface area (Å²) in [5.41, 5.74) is 1.45. The molecule has 5 aromatic rings. The lowest BCUT2D eigenvalue weighted by Gasteiger charge is -2.26. The molecule has 0 amide bonds. The van der Waals surface area contributed by atoms with E-state index < -0.39 is 28.6 Å². The molecule has 17 heteroatoms. The van der Waals surface area contributed by atoms with Crippen molar-refractivity contribution >= 4 is 80.0 Å². The van der Waals surface area contributed by atoms with Gasteiger partial charge >= 0.3 is 5.97 Å². The highest BCUT2D eigenvalue weighted by Crippen LogP contribution is 2.38. The van der Waals surface area contributed by atoms with Crippen LogP contribution in [0.2, 0.25) is 10.0 Å². The van der Waals surface area contributed by atoms with Crippen LogP contribution in [-0.2, 0) is 9.53 Å². The van der Waals surface area contributed by atoms with Crippen molar-refractivity contribution < 1.29 is 19.2 Å². The lowest BCUT2D eigenvalue weighted by molar-refractivity contribution is -0.387. The molecule has 1 aliphatic heterocycles. The molecule has 0 bridgehead atoms. The molecule has 0 fully saturated rings. The van der Waals surface area contributed by atoms with Gasteiger partial charge in [0.15, 0.2) is 10.6 Å². The van der Waals surface area contributed by atoms with E-state index in [0.717, 1.165) is 23.1 Å². The number of nitrogens with one attached hydrogen (secondary N) is 1. The molecule has 3 aromatic carbocycles. The highest BCUT2D eigenvalue weighted by molar-refractivity contribution is 9.10. The zero-order chi connectivity index (χ0) is 35.9. The Morgan fingerprint density at radius 3 is 2.66 bits per heavy atom. The average Bonchev–Trinajstić information content (AvgIpc) is 3.64. The normalized spacial score (nSPS) is 14.5. The third-order valence-electron chi connectivity index (χ3n) is 7.40. The Labute approximate surface area is 310 Å². The number of esters is 1. The lowest BCUT2D eigenvalue weighted by Crippen LogP contribution is -2.40. The molecule has 2 aromatic heterocycles. The molecule has 1 atom stereocenters. The molecular formula is C33H25BrCl2N6O6S2. The number of H-pyrrole nitrogens is 1. The molecule has 0 radical (unpaired) electrons. The van der Waals surface area contributed by atoms with Crippen molar-refractivity contribution in [1.29, 1.82) is 0 Å². The zero-order valence-electron chi connectivity index (χ0n) is 26.6. The van der Waals surface area contributed by atoms with Gasteiger partial charge in [0.25, 0.3) is 11.2 Å². The van der Waals surface area contributed by atoms with Crippen molar-refractivity contribution in [1.82, 2.24) is 19.7 Å². The van der Waals surface area contributed by atoms with Crippen LogP contribution >= 0.6 is 62.2 Å². The first-order valence-electron chi connectivity index (χ1n) is 14.8. The number of nitro groups is 1. The lowest BCUT2D eigenvalue weighted by atomic mass is 9.95. The van der Waals surface area contributed by atoms with E-state index in [4.69, 9.17) is 32.7 Å². The second kappa shape index (κ2) is 14.5. The molecule has 0 unspecified atom stereocenters. The van der Waals surface area contributed by atoms with Gasteiger partial charge in [-0.1, -0.05) is 56.5 Å². The van der Waals surface area contributed by atoms with Gasteiger partial charge in [-0.15, -0.1) is 5.10 Å². The molecule has 1 aliphatic rings. The number of nitrogens with zero attached hydrogens (tertiary/aromatic N) is 5. The SMILES string of the molecule is COc1ccc(Br)cc1[C@@H]1C(C(=O)OC(C)C)=C(C)N=c2s/c(=C\c3ccc(Sc4n[nH]c(-c5ccc(Cl)cc5Cl)n4)c([N+](=O)[O-])c3)c(=O)n21. The van der Waals surface area contributed by atoms with Gasteiger partial charge in [0.2, 0.25) is 5.16 Å². The predicted octanol–water partition coefficient (Wildman–Crippen LogP) is 7.11. The molecule has 12 nitrogen and oxygen atoms in total. The quantitative estimate of drug-likeness (QED) is 0.0932. The van der Waals surface area contributed by atoms with Crippen LogP contribution in [0.15, 0.2) is 90.2 Å². The molecule has 3 heterocycles. The highest BCUT2D eigenvalue weighted by Gasteiger charge is 2.35. The second-order valence-electron chi connectivity index (χ2n) is 11.1. The number of nitro benzene ring substituents is 1. The fourth-order valence-electron chi connectivity index (χ4n) is 5.27. The molecule has 0 spiro atoms. The number of ether oxygens (including phenoxy) is 2. The van der Waals surface area contributed by atoms with E-state index in [2.05, 4.69) is 36.1 Å². The monoisotopic (exact) mass is 814 g/mol. The number of hydrogen-bond acceptors (Lipinski definition) is 11. The van der Waals surface area contributed by atoms with E-state index in [1.807, 2.05) is 0 Å². The zero-order valence-corrected chi connectivity index (χ0v) is 31.3. The smallest absolute Gasteiger partial charge is 0.338 e. The van der Waals surface area contributed by atoms with Gasteiger partial charge in [0.1, 0.15) is 11.8 Å². The van der Waals surface area contributed by atoms with E-state index >= 15 is 0 Å². The number of aromatic nitrogens is 4. The number of thiazole rings is 1. The molecular weight excluding hydrogens is 791 g/mol. The van der Waals surface area contributed by atoms with Gasteiger partial charge in [0.05, 0.1) is 43.9 Å². The van der Waals surface area contributed by atoms with Crippen LogP contribution < -0.4 is 19.6 Å². The van der Waals surface area contributed by atoms with Crippen molar-refractivity contribution in [3.63, 3.8) is 0 Å². The molecule has 1 N–H and O–H groups in total. The summed E-state index contributed by atoms with van der Waals surface area (Å²) in [6.07, 6.45) is 1.14. The van der Waals surface area contributed by atoms with Crippen LogP contribution in [0.4, 0.5) is 5.69 Å². The summed E-state index contributed by atoms with van der Waals surface area (Å²) in [6, 6.07) is 13.9. The number of fused-ring (bicyclic) bond motifs is 1. The average molecular weight is 817 g/mol. The Balaban J connectivity index is 1.41. The molecule has 0 saturated heterocycles. The van der Waals surface area contributed by atoms with Crippen LogP contribution in [0, 0.1) is 10.1 Å². The molecule has 0 aliphatic carbocycles. The maximum Gasteiger partial charge on any atom is 0.338 e. The van der Waals surface area contributed by atoms with Crippen molar-refractivity contribution in [2.45, 2.75) is 43.0 Å². The number of halogens is 3. The minimum Gasteiger partial charge on any atom is -0.496 e. The van der Waals surface area contributed by atoms with E-state index in [1.54, 1.807) is 75.4 Å². The fourth-order valence-corrected chi connectivity index (χ4v) is 7.99. The maximum absolute atomic E-state index is 14.2. The second-order valence-corrected chi connectivity index (χ2v) is 14.9. The highest BCUT2D eigenvalue weighted by atomic mass is 79.9. The molecule has 50 heavy (non-hydrogen) atoms. The van der Waals surface area contributed by atoms with Gasteiger partial charge in [-0.05, 0) is 86.6 Å². The number of aromatic amines is 1. The van der Waals surface area contributed by atoms with Crippen molar-refractivity contribution in [2.75, 3.05) is 7.11 Å². The van der Waals surface area contributed by atoms with Gasteiger partial charge in [0, 0.05) is 26.7 Å². The first kappa shape index (κ1) is 35.5. The van der Waals surface area contributed by atoms with Crippen molar-refractivity contribution in [3.8, 4) is 17.1 Å². The van der Waals surface area contributed by atoms with Crippen LogP contribution in [0.5, 0.6) is 5.75 Å². The largest absolute Gasteiger partial charge is 0.496 e. The first-order valence-corrected chi connectivity index (χ1v) is 17.9. The Bertz CT molecular complexity index is 2410. The number of rotatable bonds is 9.